The molecule has 0 aliphatic carbocycles. The molecule has 0 spiro atoms. The summed E-state index contributed by atoms with van der Waals surface area (Å²) in [7, 11) is 0. The topological polar surface area (TPSA) is 107 Å². The van der Waals surface area contributed by atoms with Crippen LogP contribution < -0.4 is 5.32 Å². The maximum absolute atomic E-state index is 12.3. The highest BCUT2D eigenvalue weighted by Gasteiger charge is 2.40. The maximum atomic E-state index is 12.3. The third-order valence-corrected chi connectivity index (χ3v) is 5.16. The van der Waals surface area contributed by atoms with Gasteiger partial charge in [-0.25, -0.2) is 4.79 Å². The Kier molecular flexibility index (Phi) is 4.76. The Hall–Kier alpha value is -2.41. The zero-order chi connectivity index (χ0) is 18.0. The fourth-order valence-corrected chi connectivity index (χ4v) is 3.44. The molecule has 2 aliphatic rings. The number of carbonyl (C=O) groups excluding carboxylic acids is 2. The number of aliphatic hydroxyl groups is 1. The number of carboxylic acid groups (broad SMARTS) is 1. The van der Waals surface area contributed by atoms with E-state index in [-0.39, 0.29) is 50.1 Å². The minimum atomic E-state index is -1.73. The highest BCUT2D eigenvalue weighted by atomic mass is 16.4. The van der Waals surface area contributed by atoms with E-state index in [1.165, 1.54) is 0 Å². The third-order valence-electron chi connectivity index (χ3n) is 5.16. The van der Waals surface area contributed by atoms with Crippen LogP contribution >= 0.6 is 0 Å². The molecule has 1 fully saturated rings. The first-order valence-corrected chi connectivity index (χ1v) is 8.51. The van der Waals surface area contributed by atoms with Gasteiger partial charge in [0.25, 0.3) is 0 Å². The van der Waals surface area contributed by atoms with E-state index in [0.717, 1.165) is 11.3 Å². The number of aliphatic carboxylic acids is 1. The number of likely N-dealkylation sites (tertiary alicyclic amines) is 1. The molecule has 134 valence electrons. The van der Waals surface area contributed by atoms with Gasteiger partial charge in [-0.15, -0.1) is 0 Å². The number of piperidine rings is 1. The van der Waals surface area contributed by atoms with E-state index in [4.69, 9.17) is 5.11 Å². The number of nitrogens with zero attached hydrogens (tertiary/aromatic N) is 1. The second-order valence-corrected chi connectivity index (χ2v) is 6.80. The van der Waals surface area contributed by atoms with Crippen LogP contribution in [-0.2, 0) is 20.8 Å². The molecule has 0 aromatic heterocycles. The van der Waals surface area contributed by atoms with Crippen LogP contribution in [0.2, 0.25) is 0 Å². The monoisotopic (exact) mass is 346 g/mol. The molecule has 2 heterocycles. The minimum Gasteiger partial charge on any atom is -0.479 e. The van der Waals surface area contributed by atoms with E-state index >= 15 is 0 Å². The van der Waals surface area contributed by atoms with Crippen molar-refractivity contribution in [3.63, 3.8) is 0 Å². The predicted octanol–water partition coefficient (Wildman–Crippen LogP) is 1.02. The summed E-state index contributed by atoms with van der Waals surface area (Å²) in [5.41, 5.74) is 0.173. The van der Waals surface area contributed by atoms with Gasteiger partial charge < -0.3 is 20.4 Å². The van der Waals surface area contributed by atoms with Crippen LogP contribution in [0.15, 0.2) is 24.3 Å². The molecule has 25 heavy (non-hydrogen) atoms. The average Bonchev–Trinajstić information content (AvgIpc) is 2.60. The van der Waals surface area contributed by atoms with Crippen molar-refractivity contribution in [2.24, 2.45) is 5.92 Å². The van der Waals surface area contributed by atoms with Gasteiger partial charge in [0, 0.05) is 44.0 Å². The highest BCUT2D eigenvalue weighted by Crippen LogP contribution is 2.28. The van der Waals surface area contributed by atoms with Crippen molar-refractivity contribution < 1.29 is 24.6 Å². The molecule has 1 unspecified atom stereocenters. The number of carbonyl (C=O) groups is 3. The van der Waals surface area contributed by atoms with Gasteiger partial charge in [-0.3, -0.25) is 9.59 Å². The van der Waals surface area contributed by atoms with Crippen molar-refractivity contribution in [3.05, 3.63) is 29.8 Å². The van der Waals surface area contributed by atoms with E-state index in [2.05, 4.69) is 5.32 Å². The molecule has 0 saturated carbocycles. The second kappa shape index (κ2) is 6.84. The number of benzene rings is 1. The summed E-state index contributed by atoms with van der Waals surface area (Å²) < 4.78 is 0. The summed E-state index contributed by atoms with van der Waals surface area (Å²) in [5.74, 6) is -1.64. The van der Waals surface area contributed by atoms with Gasteiger partial charge in [-0.2, -0.15) is 0 Å². The molecule has 2 amide bonds. The number of nitrogens with one attached hydrogen (secondary N) is 1. The van der Waals surface area contributed by atoms with Crippen molar-refractivity contribution >= 4 is 23.5 Å². The first kappa shape index (κ1) is 17.4. The van der Waals surface area contributed by atoms with Crippen molar-refractivity contribution in [3.8, 4) is 0 Å². The number of rotatable bonds is 4. The summed E-state index contributed by atoms with van der Waals surface area (Å²) in [5, 5.41) is 21.8. The Balaban J connectivity index is 1.52. The summed E-state index contributed by atoms with van der Waals surface area (Å²) >= 11 is 0. The number of fused-ring (bicyclic) bond motifs is 1. The Morgan fingerprint density at radius 1 is 1.24 bits per heavy atom. The van der Waals surface area contributed by atoms with E-state index in [1.54, 1.807) is 4.90 Å². The maximum Gasteiger partial charge on any atom is 0.335 e. The molecule has 3 rings (SSSR count). The van der Waals surface area contributed by atoms with E-state index < -0.39 is 11.6 Å². The lowest BCUT2D eigenvalue weighted by atomic mass is 9.89. The van der Waals surface area contributed by atoms with Crippen LogP contribution in [0.5, 0.6) is 0 Å². The van der Waals surface area contributed by atoms with Crippen molar-refractivity contribution in [2.75, 3.05) is 18.4 Å². The smallest absolute Gasteiger partial charge is 0.335 e. The van der Waals surface area contributed by atoms with Crippen molar-refractivity contribution in [1.29, 1.82) is 0 Å². The lowest BCUT2D eigenvalue weighted by molar-refractivity contribution is -0.165. The van der Waals surface area contributed by atoms with Crippen molar-refractivity contribution in [1.82, 2.24) is 4.90 Å². The lowest BCUT2D eigenvalue weighted by Crippen LogP contribution is -2.50. The normalized spacial score (nSPS) is 22.0. The molecule has 1 atom stereocenters. The highest BCUT2D eigenvalue weighted by molar-refractivity contribution is 5.96. The largest absolute Gasteiger partial charge is 0.479 e. The van der Waals surface area contributed by atoms with Gasteiger partial charge in [-0.05, 0) is 24.5 Å². The zero-order valence-electron chi connectivity index (χ0n) is 13.9. The molecule has 7 heteroatoms. The molecular formula is C18H22N2O5. The van der Waals surface area contributed by atoms with Crippen LogP contribution in [0, 0.1) is 5.92 Å². The van der Waals surface area contributed by atoms with Gasteiger partial charge >= 0.3 is 5.97 Å². The van der Waals surface area contributed by atoms with Crippen LogP contribution in [0.25, 0.3) is 0 Å². The van der Waals surface area contributed by atoms with Crippen LogP contribution in [0.3, 0.4) is 0 Å². The molecule has 0 radical (unpaired) electrons. The molecular weight excluding hydrogens is 324 g/mol. The fourth-order valence-electron chi connectivity index (χ4n) is 3.44. The van der Waals surface area contributed by atoms with E-state index in [9.17, 15) is 19.5 Å². The second-order valence-electron chi connectivity index (χ2n) is 6.80. The Morgan fingerprint density at radius 2 is 1.92 bits per heavy atom. The molecule has 2 aliphatic heterocycles. The Morgan fingerprint density at radius 3 is 2.60 bits per heavy atom. The lowest BCUT2D eigenvalue weighted by Gasteiger charge is -2.35. The van der Waals surface area contributed by atoms with Crippen LogP contribution in [-0.4, -0.2) is 51.6 Å². The summed E-state index contributed by atoms with van der Waals surface area (Å²) in [6.45, 7) is 0.447. The molecule has 1 aromatic rings. The van der Waals surface area contributed by atoms with Crippen LogP contribution in [0.1, 0.15) is 31.2 Å². The Bertz CT molecular complexity index is 694. The SMILES string of the molecule is O=C1Nc2ccccc2CC1CCC(=O)N1CCC(O)(C(=O)O)CC1. The Labute approximate surface area is 145 Å². The predicted molar refractivity (Wildman–Crippen MR) is 89.9 cm³/mol. The first-order valence-electron chi connectivity index (χ1n) is 8.51. The number of para-hydroxylation sites is 1. The van der Waals surface area contributed by atoms with Crippen molar-refractivity contribution in [2.45, 2.75) is 37.7 Å². The van der Waals surface area contributed by atoms with Gasteiger partial charge in [0.1, 0.15) is 0 Å². The number of hydrogen-bond donors (Lipinski definition) is 3. The van der Waals surface area contributed by atoms with Gasteiger partial charge in [0.15, 0.2) is 5.60 Å². The third kappa shape index (κ3) is 3.66. The first-order chi connectivity index (χ1) is 11.9. The van der Waals surface area contributed by atoms with Gasteiger partial charge in [0.2, 0.25) is 11.8 Å². The summed E-state index contributed by atoms with van der Waals surface area (Å²) in [6.07, 6.45) is 1.38. The molecule has 0 bridgehead atoms. The summed E-state index contributed by atoms with van der Waals surface area (Å²) in [4.78, 5) is 37.1. The van der Waals surface area contributed by atoms with E-state index in [1.807, 2.05) is 24.3 Å². The van der Waals surface area contributed by atoms with Gasteiger partial charge in [-0.1, -0.05) is 18.2 Å². The minimum absolute atomic E-state index is 0.0331. The number of anilines is 1. The van der Waals surface area contributed by atoms with E-state index in [0.29, 0.717) is 12.8 Å². The number of carboxylic acids is 1. The number of hydrogen-bond acceptors (Lipinski definition) is 4. The van der Waals surface area contributed by atoms with Gasteiger partial charge in [0.05, 0.1) is 0 Å². The molecule has 1 aromatic carbocycles. The average molecular weight is 346 g/mol. The molecule has 1 saturated heterocycles. The molecule has 7 nitrogen and oxygen atoms in total. The standard InChI is InChI=1S/C18H22N2O5/c21-15(20-9-7-18(25,8-10-20)17(23)24)6-5-13-11-12-3-1-2-4-14(12)19-16(13)22/h1-4,13,25H,5-11H2,(H,19,22)(H,23,24). The van der Waals surface area contributed by atoms with Crippen LogP contribution in [0.4, 0.5) is 5.69 Å². The zero-order valence-corrected chi connectivity index (χ0v) is 13.9. The number of amides is 2. The summed E-state index contributed by atoms with van der Waals surface area (Å²) in [6, 6.07) is 7.64. The fraction of sp³-hybridized carbons (Fsp3) is 0.500. The molecule has 3 N–H and O–H groups in total. The quantitative estimate of drug-likeness (QED) is 0.754.